The predicted molar refractivity (Wildman–Crippen MR) is 94.8 cm³/mol. The van der Waals surface area contributed by atoms with Crippen molar-refractivity contribution in [1.82, 2.24) is 25.1 Å². The molecule has 0 saturated heterocycles. The van der Waals surface area contributed by atoms with E-state index in [0.29, 0.717) is 17.2 Å². The summed E-state index contributed by atoms with van der Waals surface area (Å²) in [7, 11) is 0. The van der Waals surface area contributed by atoms with Gasteiger partial charge in [-0.1, -0.05) is 42.1 Å². The van der Waals surface area contributed by atoms with Gasteiger partial charge >= 0.3 is 0 Å². The standard InChI is InChI=1S/C17H19N5OS/c1-17(2,3)19-14(23)11-24-15-10-9-13-18-16(21-22(13)20-15)12-7-5-4-6-8-12/h4-10H,11H2,1-3H3,(H,19,23). The van der Waals surface area contributed by atoms with Gasteiger partial charge in [0.1, 0.15) is 5.03 Å². The highest BCUT2D eigenvalue weighted by molar-refractivity contribution is 7.99. The van der Waals surface area contributed by atoms with E-state index < -0.39 is 0 Å². The lowest BCUT2D eigenvalue weighted by Gasteiger charge is -2.20. The Hall–Kier alpha value is -2.41. The first-order valence-electron chi connectivity index (χ1n) is 7.64. The van der Waals surface area contributed by atoms with Crippen molar-refractivity contribution < 1.29 is 4.79 Å². The minimum absolute atomic E-state index is 0.0158. The van der Waals surface area contributed by atoms with Gasteiger partial charge in [0.25, 0.3) is 0 Å². The van der Waals surface area contributed by atoms with Crippen LogP contribution in [0.1, 0.15) is 20.8 Å². The first-order chi connectivity index (χ1) is 11.4. The molecule has 1 N–H and O–H groups in total. The monoisotopic (exact) mass is 341 g/mol. The Morgan fingerprint density at radius 3 is 2.58 bits per heavy atom. The van der Waals surface area contributed by atoms with Crippen LogP contribution in [0, 0.1) is 0 Å². The van der Waals surface area contributed by atoms with E-state index in [9.17, 15) is 4.79 Å². The molecule has 0 unspecified atom stereocenters. The van der Waals surface area contributed by atoms with Crippen LogP contribution in [-0.2, 0) is 4.79 Å². The molecule has 24 heavy (non-hydrogen) atoms. The summed E-state index contributed by atoms with van der Waals surface area (Å²) in [5.41, 5.74) is 1.39. The third-order valence-electron chi connectivity index (χ3n) is 3.08. The van der Waals surface area contributed by atoms with Crippen LogP contribution >= 0.6 is 11.8 Å². The third-order valence-corrected chi connectivity index (χ3v) is 4.00. The Labute approximate surface area is 144 Å². The molecule has 1 aromatic carbocycles. The number of carbonyl (C=O) groups excluding carboxylic acids is 1. The lowest BCUT2D eigenvalue weighted by Crippen LogP contribution is -2.41. The minimum atomic E-state index is -0.231. The average Bonchev–Trinajstić information content (AvgIpc) is 2.95. The molecule has 0 spiro atoms. The second-order valence-corrected chi connectivity index (χ2v) is 7.40. The van der Waals surface area contributed by atoms with Crippen molar-refractivity contribution in [2.24, 2.45) is 0 Å². The van der Waals surface area contributed by atoms with Gasteiger partial charge in [0.05, 0.1) is 5.75 Å². The van der Waals surface area contributed by atoms with Gasteiger partial charge in [-0.2, -0.15) is 0 Å². The van der Waals surface area contributed by atoms with Crippen LogP contribution in [0.25, 0.3) is 17.0 Å². The lowest BCUT2D eigenvalue weighted by molar-refractivity contribution is -0.119. The van der Waals surface area contributed by atoms with Gasteiger partial charge in [-0.3, -0.25) is 4.79 Å². The van der Waals surface area contributed by atoms with Gasteiger partial charge in [0, 0.05) is 11.1 Å². The molecular formula is C17H19N5OS. The van der Waals surface area contributed by atoms with Crippen LogP contribution in [0.4, 0.5) is 0 Å². The summed E-state index contributed by atoms with van der Waals surface area (Å²) in [4.78, 5) is 16.4. The van der Waals surface area contributed by atoms with Crippen LogP contribution in [0.15, 0.2) is 47.5 Å². The smallest absolute Gasteiger partial charge is 0.230 e. The molecule has 0 aliphatic heterocycles. The molecule has 7 heteroatoms. The number of fused-ring (bicyclic) bond motifs is 1. The molecule has 0 fully saturated rings. The van der Waals surface area contributed by atoms with E-state index in [2.05, 4.69) is 20.5 Å². The Kier molecular flexibility index (Phi) is 4.53. The average molecular weight is 341 g/mol. The highest BCUT2D eigenvalue weighted by atomic mass is 32.2. The number of thioether (sulfide) groups is 1. The fraction of sp³-hybridized carbons (Fsp3) is 0.294. The van der Waals surface area contributed by atoms with E-state index in [1.165, 1.54) is 16.4 Å². The molecule has 2 heterocycles. The molecular weight excluding hydrogens is 322 g/mol. The quantitative estimate of drug-likeness (QED) is 0.739. The van der Waals surface area contributed by atoms with Crippen LogP contribution in [0.5, 0.6) is 0 Å². The molecule has 0 aliphatic carbocycles. The van der Waals surface area contributed by atoms with Crippen molar-refractivity contribution in [3.05, 3.63) is 42.5 Å². The Balaban J connectivity index is 1.73. The van der Waals surface area contributed by atoms with Gasteiger partial charge in [-0.25, -0.2) is 4.98 Å². The van der Waals surface area contributed by atoms with E-state index in [4.69, 9.17) is 0 Å². The summed E-state index contributed by atoms with van der Waals surface area (Å²) >= 11 is 1.38. The van der Waals surface area contributed by atoms with Crippen molar-refractivity contribution in [1.29, 1.82) is 0 Å². The highest BCUT2D eigenvalue weighted by Gasteiger charge is 2.14. The molecule has 0 aliphatic rings. The first kappa shape index (κ1) is 16.4. The second kappa shape index (κ2) is 6.60. The van der Waals surface area contributed by atoms with Gasteiger partial charge in [-0.05, 0) is 32.9 Å². The first-order valence-corrected chi connectivity index (χ1v) is 8.63. The number of benzene rings is 1. The molecule has 3 rings (SSSR count). The minimum Gasteiger partial charge on any atom is -0.351 e. The molecule has 6 nitrogen and oxygen atoms in total. The zero-order valence-corrected chi connectivity index (χ0v) is 14.7. The topological polar surface area (TPSA) is 72.2 Å². The SMILES string of the molecule is CC(C)(C)NC(=O)CSc1ccc2nc(-c3ccccc3)nn2n1. The molecule has 0 saturated carbocycles. The van der Waals surface area contributed by atoms with E-state index in [1.807, 2.05) is 63.2 Å². The Morgan fingerprint density at radius 2 is 1.88 bits per heavy atom. The summed E-state index contributed by atoms with van der Waals surface area (Å²) in [5.74, 6) is 0.935. The lowest BCUT2D eigenvalue weighted by atomic mass is 10.1. The Bertz CT molecular complexity index is 854. The molecule has 1 amide bonds. The molecule has 0 radical (unpaired) electrons. The molecule has 3 aromatic rings. The van der Waals surface area contributed by atoms with E-state index in [0.717, 1.165) is 10.6 Å². The predicted octanol–water partition coefficient (Wildman–Crippen LogP) is 2.80. The molecule has 124 valence electrons. The fourth-order valence-electron chi connectivity index (χ4n) is 2.15. The summed E-state index contributed by atoms with van der Waals surface area (Å²) in [5, 5.41) is 12.5. The number of nitrogens with one attached hydrogen (secondary N) is 1. The summed E-state index contributed by atoms with van der Waals surface area (Å²) in [6.07, 6.45) is 0. The number of rotatable bonds is 4. The van der Waals surface area contributed by atoms with Gasteiger partial charge in [0.15, 0.2) is 11.5 Å². The maximum atomic E-state index is 11.9. The third kappa shape index (κ3) is 4.11. The normalized spacial score (nSPS) is 11.6. The van der Waals surface area contributed by atoms with Crippen molar-refractivity contribution >= 4 is 23.3 Å². The summed E-state index contributed by atoms with van der Waals surface area (Å²) in [6, 6.07) is 13.5. The highest BCUT2D eigenvalue weighted by Crippen LogP contribution is 2.18. The summed E-state index contributed by atoms with van der Waals surface area (Å²) in [6.45, 7) is 5.88. The zero-order chi connectivity index (χ0) is 17.2. The largest absolute Gasteiger partial charge is 0.351 e. The number of carbonyl (C=O) groups is 1. The van der Waals surface area contributed by atoms with Crippen molar-refractivity contribution in [3.63, 3.8) is 0 Å². The maximum Gasteiger partial charge on any atom is 0.230 e. The molecule has 0 atom stereocenters. The number of nitrogens with zero attached hydrogens (tertiary/aromatic N) is 4. The number of hydrogen-bond donors (Lipinski definition) is 1. The second-order valence-electron chi connectivity index (χ2n) is 6.41. The van der Waals surface area contributed by atoms with Crippen LogP contribution in [-0.4, -0.2) is 37.0 Å². The summed E-state index contributed by atoms with van der Waals surface area (Å²) < 4.78 is 1.51. The van der Waals surface area contributed by atoms with Crippen LogP contribution in [0.2, 0.25) is 0 Å². The van der Waals surface area contributed by atoms with Gasteiger partial charge in [-0.15, -0.1) is 14.8 Å². The van der Waals surface area contributed by atoms with Gasteiger partial charge in [0.2, 0.25) is 5.91 Å². The van der Waals surface area contributed by atoms with Crippen molar-refractivity contribution in [2.45, 2.75) is 31.3 Å². The molecule has 2 aromatic heterocycles. The zero-order valence-electron chi connectivity index (χ0n) is 13.9. The molecule has 0 bridgehead atoms. The number of hydrogen-bond acceptors (Lipinski definition) is 5. The van der Waals surface area contributed by atoms with Crippen molar-refractivity contribution in [2.75, 3.05) is 5.75 Å². The van der Waals surface area contributed by atoms with Gasteiger partial charge < -0.3 is 5.32 Å². The number of amides is 1. The maximum absolute atomic E-state index is 11.9. The van der Waals surface area contributed by atoms with Crippen LogP contribution in [0.3, 0.4) is 0 Å². The van der Waals surface area contributed by atoms with Crippen molar-refractivity contribution in [3.8, 4) is 11.4 Å². The van der Waals surface area contributed by atoms with E-state index in [1.54, 1.807) is 0 Å². The van der Waals surface area contributed by atoms with E-state index >= 15 is 0 Å². The van der Waals surface area contributed by atoms with E-state index in [-0.39, 0.29) is 11.4 Å². The van der Waals surface area contributed by atoms with Crippen LogP contribution < -0.4 is 5.32 Å². The fourth-order valence-corrected chi connectivity index (χ4v) is 2.80. The Morgan fingerprint density at radius 1 is 1.12 bits per heavy atom. The number of aromatic nitrogens is 4.